The van der Waals surface area contributed by atoms with Gasteiger partial charge in [-0.3, -0.25) is 4.79 Å². The summed E-state index contributed by atoms with van der Waals surface area (Å²) in [5, 5.41) is 4.35. The quantitative estimate of drug-likeness (QED) is 0.440. The number of nitrogens with one attached hydrogen (secondary N) is 1. The Bertz CT molecular complexity index is 896. The van der Waals surface area contributed by atoms with Gasteiger partial charge in [0.25, 0.3) is 5.91 Å². The van der Waals surface area contributed by atoms with Gasteiger partial charge in [0.15, 0.2) is 6.61 Å². The number of aryl methyl sites for hydroxylation is 1. The van der Waals surface area contributed by atoms with Gasteiger partial charge in [-0.15, -0.1) is 0 Å². The molecule has 0 aliphatic carbocycles. The van der Waals surface area contributed by atoms with Crippen LogP contribution in [0.25, 0.3) is 0 Å². The van der Waals surface area contributed by atoms with Gasteiger partial charge < -0.3 is 4.74 Å². The van der Waals surface area contributed by atoms with E-state index in [4.69, 9.17) is 4.74 Å². The summed E-state index contributed by atoms with van der Waals surface area (Å²) in [5.41, 5.74) is 6.91. The molecule has 0 unspecified atom stereocenters. The molecule has 3 rings (SSSR count). The van der Waals surface area contributed by atoms with Crippen molar-refractivity contribution in [2.45, 2.75) is 26.2 Å². The average molecular weight is 386 g/mol. The second kappa shape index (κ2) is 10.2. The molecule has 0 bridgehead atoms. The first-order valence-corrected chi connectivity index (χ1v) is 9.82. The Morgan fingerprint density at radius 3 is 1.97 bits per heavy atom. The van der Waals surface area contributed by atoms with Gasteiger partial charge in [-0.25, -0.2) is 5.43 Å². The van der Waals surface area contributed by atoms with Gasteiger partial charge >= 0.3 is 0 Å². The molecule has 3 aromatic carbocycles. The second-order valence-corrected chi connectivity index (χ2v) is 6.83. The number of ether oxygens (including phenoxy) is 1. The van der Waals surface area contributed by atoms with Gasteiger partial charge in [-0.05, 0) is 42.2 Å². The Morgan fingerprint density at radius 2 is 1.45 bits per heavy atom. The number of hydrogen-bond donors (Lipinski definition) is 1. The Balaban J connectivity index is 1.66. The predicted octanol–water partition coefficient (Wildman–Crippen LogP) is 4.95. The number of hydrogen-bond acceptors (Lipinski definition) is 3. The van der Waals surface area contributed by atoms with E-state index in [9.17, 15) is 4.79 Å². The van der Waals surface area contributed by atoms with Crippen LogP contribution in [-0.2, 0) is 11.2 Å². The fourth-order valence-electron chi connectivity index (χ4n) is 3.18. The van der Waals surface area contributed by atoms with Gasteiger partial charge in [0.2, 0.25) is 0 Å². The van der Waals surface area contributed by atoms with Gasteiger partial charge in [0, 0.05) is 11.6 Å². The van der Waals surface area contributed by atoms with Crippen LogP contribution in [0.1, 0.15) is 36.5 Å². The van der Waals surface area contributed by atoms with Crippen LogP contribution in [0, 0.1) is 0 Å². The minimum atomic E-state index is -0.288. The highest BCUT2D eigenvalue weighted by Gasteiger charge is 2.17. The van der Waals surface area contributed by atoms with Crippen molar-refractivity contribution in [3.63, 3.8) is 0 Å². The van der Waals surface area contributed by atoms with E-state index in [0.717, 1.165) is 23.3 Å². The standard InChI is InChI=1S/C25H26N2O2/c1-3-20-14-16-23(17-15-20)29-18-24(28)27-26-19(2)25(21-10-6-4-7-11-21)22-12-8-5-9-13-22/h4-17,25H,3,18H2,1-2H3,(H,27,28)/b26-19+. The van der Waals surface area contributed by atoms with Gasteiger partial charge in [-0.2, -0.15) is 5.10 Å². The smallest absolute Gasteiger partial charge is 0.277 e. The molecule has 0 fully saturated rings. The van der Waals surface area contributed by atoms with Crippen molar-refractivity contribution >= 4 is 11.6 Å². The third-order valence-corrected chi connectivity index (χ3v) is 4.74. The Labute approximate surface area is 172 Å². The lowest BCUT2D eigenvalue weighted by atomic mass is 9.88. The van der Waals surface area contributed by atoms with E-state index in [2.05, 4.69) is 41.7 Å². The van der Waals surface area contributed by atoms with Crippen LogP contribution in [0.15, 0.2) is 90.0 Å². The second-order valence-electron chi connectivity index (χ2n) is 6.83. The lowest BCUT2D eigenvalue weighted by molar-refractivity contribution is -0.123. The average Bonchev–Trinajstić information content (AvgIpc) is 2.78. The van der Waals surface area contributed by atoms with Gasteiger partial charge in [0.1, 0.15) is 5.75 Å². The molecule has 29 heavy (non-hydrogen) atoms. The van der Waals surface area contributed by atoms with Crippen molar-refractivity contribution in [1.82, 2.24) is 5.43 Å². The Hall–Kier alpha value is -3.40. The molecule has 0 radical (unpaired) electrons. The fourth-order valence-corrected chi connectivity index (χ4v) is 3.18. The molecule has 0 saturated carbocycles. The maximum absolute atomic E-state index is 12.2. The van der Waals surface area contributed by atoms with Crippen LogP contribution in [0.3, 0.4) is 0 Å². The Kier molecular flexibility index (Phi) is 7.17. The van der Waals surface area contributed by atoms with Crippen LogP contribution in [-0.4, -0.2) is 18.2 Å². The molecule has 0 aliphatic rings. The van der Waals surface area contributed by atoms with Crippen molar-refractivity contribution in [2.75, 3.05) is 6.61 Å². The first kappa shape index (κ1) is 20.3. The molecule has 0 aliphatic heterocycles. The summed E-state index contributed by atoms with van der Waals surface area (Å²) in [5.74, 6) is 0.355. The highest BCUT2D eigenvalue weighted by atomic mass is 16.5. The summed E-state index contributed by atoms with van der Waals surface area (Å²) in [4.78, 5) is 12.2. The first-order valence-electron chi connectivity index (χ1n) is 9.82. The number of nitrogens with zero attached hydrogens (tertiary/aromatic N) is 1. The van der Waals surface area contributed by atoms with E-state index in [1.165, 1.54) is 5.56 Å². The molecule has 4 heteroatoms. The Morgan fingerprint density at radius 1 is 0.897 bits per heavy atom. The van der Waals surface area contributed by atoms with Crippen molar-refractivity contribution < 1.29 is 9.53 Å². The van der Waals surface area contributed by atoms with E-state index >= 15 is 0 Å². The monoisotopic (exact) mass is 386 g/mol. The van der Waals surface area contributed by atoms with Crippen LogP contribution >= 0.6 is 0 Å². The minimum Gasteiger partial charge on any atom is -0.484 e. The van der Waals surface area contributed by atoms with Crippen LogP contribution in [0.5, 0.6) is 5.75 Å². The van der Waals surface area contributed by atoms with Crippen LogP contribution in [0.4, 0.5) is 0 Å². The number of carbonyl (C=O) groups is 1. The maximum Gasteiger partial charge on any atom is 0.277 e. The molecular weight excluding hydrogens is 360 g/mol. The zero-order chi connectivity index (χ0) is 20.5. The largest absolute Gasteiger partial charge is 0.484 e. The summed E-state index contributed by atoms with van der Waals surface area (Å²) < 4.78 is 5.55. The zero-order valence-electron chi connectivity index (χ0n) is 16.8. The molecule has 0 aromatic heterocycles. The fraction of sp³-hybridized carbons (Fsp3) is 0.200. The van der Waals surface area contributed by atoms with E-state index in [1.807, 2.05) is 67.6 Å². The first-order chi connectivity index (χ1) is 14.2. The molecule has 1 N–H and O–H groups in total. The molecule has 1 amide bonds. The minimum absolute atomic E-state index is 0.0276. The van der Waals surface area contributed by atoms with Crippen molar-refractivity contribution in [2.24, 2.45) is 5.10 Å². The molecule has 4 nitrogen and oxygen atoms in total. The highest BCUT2D eigenvalue weighted by Crippen LogP contribution is 2.26. The molecular formula is C25H26N2O2. The van der Waals surface area contributed by atoms with E-state index in [-0.39, 0.29) is 18.4 Å². The molecule has 148 valence electrons. The van der Waals surface area contributed by atoms with Crippen LogP contribution < -0.4 is 10.2 Å². The van der Waals surface area contributed by atoms with Crippen molar-refractivity contribution in [1.29, 1.82) is 0 Å². The third-order valence-electron chi connectivity index (χ3n) is 4.74. The van der Waals surface area contributed by atoms with E-state index < -0.39 is 0 Å². The number of rotatable bonds is 8. The topological polar surface area (TPSA) is 50.7 Å². The maximum atomic E-state index is 12.2. The summed E-state index contributed by atoms with van der Waals surface area (Å²) in [7, 11) is 0. The lowest BCUT2D eigenvalue weighted by Gasteiger charge is -2.18. The lowest BCUT2D eigenvalue weighted by Crippen LogP contribution is -2.26. The van der Waals surface area contributed by atoms with Gasteiger partial charge in [0.05, 0.1) is 0 Å². The van der Waals surface area contributed by atoms with Crippen molar-refractivity contribution in [3.8, 4) is 5.75 Å². The molecule has 0 saturated heterocycles. The van der Waals surface area contributed by atoms with Crippen molar-refractivity contribution in [3.05, 3.63) is 102 Å². The third kappa shape index (κ3) is 5.79. The molecule has 0 heterocycles. The van der Waals surface area contributed by atoms with E-state index in [1.54, 1.807) is 0 Å². The summed E-state index contributed by atoms with van der Waals surface area (Å²) in [6, 6.07) is 28.1. The van der Waals surface area contributed by atoms with Gasteiger partial charge in [-0.1, -0.05) is 79.7 Å². The highest BCUT2D eigenvalue weighted by molar-refractivity contribution is 5.93. The van der Waals surface area contributed by atoms with Crippen LogP contribution in [0.2, 0.25) is 0 Å². The predicted molar refractivity (Wildman–Crippen MR) is 117 cm³/mol. The molecule has 0 atom stereocenters. The number of hydrazone groups is 1. The zero-order valence-corrected chi connectivity index (χ0v) is 16.8. The number of amides is 1. The number of carbonyl (C=O) groups excluding carboxylic acids is 1. The van der Waals surface area contributed by atoms with E-state index in [0.29, 0.717) is 5.75 Å². The summed E-state index contributed by atoms with van der Waals surface area (Å²) in [6.45, 7) is 3.95. The molecule has 0 spiro atoms. The normalized spacial score (nSPS) is 11.3. The number of benzene rings is 3. The summed E-state index contributed by atoms with van der Waals surface area (Å²) >= 11 is 0. The summed E-state index contributed by atoms with van der Waals surface area (Å²) in [6.07, 6.45) is 0.971. The SMILES string of the molecule is CCc1ccc(OCC(=O)N/N=C(\C)C(c2ccccc2)c2ccccc2)cc1. The molecule has 3 aromatic rings.